The third kappa shape index (κ3) is 3.43. The van der Waals surface area contributed by atoms with Gasteiger partial charge in [0.2, 0.25) is 5.91 Å². The van der Waals surface area contributed by atoms with Crippen molar-refractivity contribution in [2.24, 2.45) is 0 Å². The van der Waals surface area contributed by atoms with Gasteiger partial charge in [-0.3, -0.25) is 4.79 Å². The Morgan fingerprint density at radius 3 is 2.35 bits per heavy atom. The zero-order valence-corrected chi connectivity index (χ0v) is 10.8. The summed E-state index contributed by atoms with van der Waals surface area (Å²) in [6.07, 6.45) is 0.371. The first kappa shape index (κ1) is 11.9. The van der Waals surface area contributed by atoms with Gasteiger partial charge >= 0.3 is 0 Å². The second kappa shape index (κ2) is 5.64. The molecule has 2 rings (SSSR count). The largest absolute Gasteiger partial charge is 0.326 e. The molecule has 0 fully saturated rings. The van der Waals surface area contributed by atoms with Crippen molar-refractivity contribution in [1.82, 2.24) is 0 Å². The Morgan fingerprint density at radius 1 is 1.00 bits per heavy atom. The van der Waals surface area contributed by atoms with E-state index >= 15 is 0 Å². The molecule has 0 aromatic heterocycles. The lowest BCUT2D eigenvalue weighted by Gasteiger charge is -2.06. The van der Waals surface area contributed by atoms with Gasteiger partial charge in [-0.25, -0.2) is 0 Å². The first-order valence-electron chi connectivity index (χ1n) is 5.34. The van der Waals surface area contributed by atoms with Crippen LogP contribution in [0.3, 0.4) is 0 Å². The van der Waals surface area contributed by atoms with Crippen molar-refractivity contribution in [1.29, 1.82) is 0 Å². The molecule has 2 aromatic rings. The molecule has 0 saturated carbocycles. The maximum Gasteiger partial charge on any atom is 0.228 e. The molecular weight excluding hydrogens is 278 g/mol. The molecule has 0 aliphatic heterocycles. The van der Waals surface area contributed by atoms with Crippen molar-refractivity contribution >= 4 is 27.5 Å². The van der Waals surface area contributed by atoms with Crippen LogP contribution in [0.25, 0.3) is 0 Å². The average molecular weight is 290 g/mol. The molecule has 3 heteroatoms. The topological polar surface area (TPSA) is 29.1 Å². The van der Waals surface area contributed by atoms with E-state index in [1.807, 2.05) is 54.6 Å². The third-order valence-corrected chi connectivity index (χ3v) is 3.14. The summed E-state index contributed by atoms with van der Waals surface area (Å²) in [7, 11) is 0. The Hall–Kier alpha value is -1.61. The molecule has 0 radical (unpaired) electrons. The second-order valence-corrected chi connectivity index (χ2v) is 4.54. The Balaban J connectivity index is 2.01. The van der Waals surface area contributed by atoms with Crippen molar-refractivity contribution in [2.45, 2.75) is 6.42 Å². The summed E-state index contributed by atoms with van der Waals surface area (Å²) < 4.78 is 0.961. The summed E-state index contributed by atoms with van der Waals surface area (Å²) in [6.45, 7) is 0. The molecule has 0 aliphatic carbocycles. The summed E-state index contributed by atoms with van der Waals surface area (Å²) in [5.41, 5.74) is 1.81. The molecule has 1 N–H and O–H groups in total. The molecular formula is C14H12BrNO. The molecule has 0 spiro atoms. The maximum absolute atomic E-state index is 11.8. The Kier molecular flexibility index (Phi) is 3.94. The van der Waals surface area contributed by atoms with E-state index in [-0.39, 0.29) is 5.91 Å². The summed E-state index contributed by atoms with van der Waals surface area (Å²) in [5.74, 6) is -0.0110. The quantitative estimate of drug-likeness (QED) is 0.919. The number of rotatable bonds is 3. The predicted molar refractivity (Wildman–Crippen MR) is 72.9 cm³/mol. The highest BCUT2D eigenvalue weighted by molar-refractivity contribution is 9.10. The van der Waals surface area contributed by atoms with Gasteiger partial charge in [0.05, 0.1) is 6.42 Å². The molecule has 2 nitrogen and oxygen atoms in total. The van der Waals surface area contributed by atoms with Crippen LogP contribution >= 0.6 is 15.9 Å². The van der Waals surface area contributed by atoms with Crippen LogP contribution in [-0.2, 0) is 11.2 Å². The number of nitrogens with one attached hydrogen (secondary N) is 1. The van der Waals surface area contributed by atoms with E-state index in [2.05, 4.69) is 21.2 Å². The highest BCUT2D eigenvalue weighted by atomic mass is 79.9. The van der Waals surface area contributed by atoms with E-state index in [1.54, 1.807) is 0 Å². The van der Waals surface area contributed by atoms with Crippen molar-refractivity contribution in [3.63, 3.8) is 0 Å². The summed E-state index contributed by atoms with van der Waals surface area (Å²) in [6, 6.07) is 17.2. The van der Waals surface area contributed by atoms with Crippen LogP contribution in [0, 0.1) is 0 Å². The number of amides is 1. The minimum atomic E-state index is -0.0110. The van der Waals surface area contributed by atoms with Gasteiger partial charge in [-0.2, -0.15) is 0 Å². The van der Waals surface area contributed by atoms with Crippen LogP contribution in [0.1, 0.15) is 5.56 Å². The van der Waals surface area contributed by atoms with E-state index in [4.69, 9.17) is 0 Å². The molecule has 0 bridgehead atoms. The van der Waals surface area contributed by atoms with Gasteiger partial charge in [-0.15, -0.1) is 0 Å². The van der Waals surface area contributed by atoms with E-state index in [0.29, 0.717) is 6.42 Å². The lowest BCUT2D eigenvalue weighted by atomic mass is 10.1. The lowest BCUT2D eigenvalue weighted by Crippen LogP contribution is -2.14. The molecule has 0 aliphatic rings. The lowest BCUT2D eigenvalue weighted by molar-refractivity contribution is -0.115. The average Bonchev–Trinajstić information content (AvgIpc) is 2.33. The van der Waals surface area contributed by atoms with Gasteiger partial charge in [-0.1, -0.05) is 52.3 Å². The minimum Gasteiger partial charge on any atom is -0.326 e. The van der Waals surface area contributed by atoms with Crippen LogP contribution < -0.4 is 5.32 Å². The molecule has 86 valence electrons. The number of benzene rings is 2. The molecule has 2 aromatic carbocycles. The van der Waals surface area contributed by atoms with Crippen LogP contribution in [0.2, 0.25) is 0 Å². The number of carbonyl (C=O) groups is 1. The third-order valence-electron chi connectivity index (χ3n) is 2.37. The highest BCUT2D eigenvalue weighted by Crippen LogP contribution is 2.17. The van der Waals surface area contributed by atoms with Gasteiger partial charge in [0.1, 0.15) is 0 Å². The fourth-order valence-electron chi connectivity index (χ4n) is 1.54. The van der Waals surface area contributed by atoms with Crippen LogP contribution in [0.5, 0.6) is 0 Å². The molecule has 1 amide bonds. The first-order chi connectivity index (χ1) is 8.25. The van der Waals surface area contributed by atoms with E-state index in [1.165, 1.54) is 0 Å². The van der Waals surface area contributed by atoms with Crippen LogP contribution in [0.15, 0.2) is 59.1 Å². The van der Waals surface area contributed by atoms with E-state index < -0.39 is 0 Å². The number of hydrogen-bond acceptors (Lipinski definition) is 1. The number of carbonyl (C=O) groups excluding carboxylic acids is 1. The molecule has 17 heavy (non-hydrogen) atoms. The minimum absolute atomic E-state index is 0.0110. The molecule has 0 atom stereocenters. The first-order valence-corrected chi connectivity index (χ1v) is 6.13. The standard InChI is InChI=1S/C14H12BrNO/c15-13-9-5-4-6-11(13)10-14(17)16-12-7-2-1-3-8-12/h1-9H,10H2,(H,16,17). The molecule has 0 heterocycles. The zero-order valence-electron chi connectivity index (χ0n) is 9.19. The smallest absolute Gasteiger partial charge is 0.228 e. The van der Waals surface area contributed by atoms with E-state index in [9.17, 15) is 4.79 Å². The number of anilines is 1. The summed E-state index contributed by atoms with van der Waals surface area (Å²) in [5, 5.41) is 2.86. The number of hydrogen-bond donors (Lipinski definition) is 1. The summed E-state index contributed by atoms with van der Waals surface area (Å²) >= 11 is 3.43. The summed E-state index contributed by atoms with van der Waals surface area (Å²) in [4.78, 5) is 11.8. The maximum atomic E-state index is 11.8. The van der Waals surface area contributed by atoms with Gasteiger partial charge in [0.25, 0.3) is 0 Å². The predicted octanol–water partition coefficient (Wildman–Crippen LogP) is 3.63. The Bertz CT molecular complexity index is 511. The van der Waals surface area contributed by atoms with Crippen molar-refractivity contribution in [2.75, 3.05) is 5.32 Å². The highest BCUT2D eigenvalue weighted by Gasteiger charge is 2.06. The fourth-order valence-corrected chi connectivity index (χ4v) is 1.97. The van der Waals surface area contributed by atoms with Crippen molar-refractivity contribution < 1.29 is 4.79 Å². The van der Waals surface area contributed by atoms with Gasteiger partial charge in [0.15, 0.2) is 0 Å². The Labute approximate surface area is 109 Å². The van der Waals surface area contributed by atoms with Gasteiger partial charge in [0, 0.05) is 10.2 Å². The monoisotopic (exact) mass is 289 g/mol. The van der Waals surface area contributed by atoms with Crippen molar-refractivity contribution in [3.05, 3.63) is 64.6 Å². The fraction of sp³-hybridized carbons (Fsp3) is 0.0714. The van der Waals surface area contributed by atoms with Crippen molar-refractivity contribution in [3.8, 4) is 0 Å². The number of para-hydroxylation sites is 1. The Morgan fingerprint density at radius 2 is 1.65 bits per heavy atom. The van der Waals surface area contributed by atoms with Crippen LogP contribution in [-0.4, -0.2) is 5.91 Å². The molecule has 0 saturated heterocycles. The van der Waals surface area contributed by atoms with Crippen LogP contribution in [0.4, 0.5) is 5.69 Å². The number of halogens is 1. The second-order valence-electron chi connectivity index (χ2n) is 3.68. The zero-order chi connectivity index (χ0) is 12.1. The molecule has 0 unspecified atom stereocenters. The SMILES string of the molecule is O=C(Cc1ccccc1Br)Nc1ccccc1. The van der Waals surface area contributed by atoms with Gasteiger partial charge in [-0.05, 0) is 23.8 Å². The van der Waals surface area contributed by atoms with Gasteiger partial charge < -0.3 is 5.32 Å². The normalized spacial score (nSPS) is 9.94. The van der Waals surface area contributed by atoms with E-state index in [0.717, 1.165) is 15.7 Å².